The Morgan fingerprint density at radius 2 is 1.43 bits per heavy atom. The Hall–Kier alpha value is -2.05. The number of halogens is 6. The third-order valence-corrected chi connectivity index (χ3v) is 2.89. The van der Waals surface area contributed by atoms with Gasteiger partial charge in [0.25, 0.3) is 0 Å². The fourth-order valence-electron chi connectivity index (χ4n) is 1.89. The van der Waals surface area contributed by atoms with E-state index in [9.17, 15) is 26.3 Å². The van der Waals surface area contributed by atoms with E-state index >= 15 is 0 Å². The highest BCUT2D eigenvalue weighted by molar-refractivity contribution is 5.38. The first kappa shape index (κ1) is 15.3. The zero-order chi connectivity index (χ0) is 15.7. The van der Waals surface area contributed by atoms with Crippen LogP contribution in [0.4, 0.5) is 26.3 Å². The summed E-state index contributed by atoms with van der Waals surface area (Å²) in [4.78, 5) is 3.73. The molecule has 0 aliphatic carbocycles. The smallest absolute Gasteiger partial charge is 0.265 e. The van der Waals surface area contributed by atoms with Gasteiger partial charge in [0, 0.05) is 12.4 Å². The van der Waals surface area contributed by atoms with Gasteiger partial charge in [-0.2, -0.15) is 26.3 Å². The molecule has 0 atom stereocenters. The Kier molecular flexibility index (Phi) is 3.93. The molecule has 21 heavy (non-hydrogen) atoms. The van der Waals surface area contributed by atoms with Crippen LogP contribution in [0.15, 0.2) is 42.7 Å². The number of aromatic nitrogens is 1. The SMILES string of the molecule is FC(F)(F)c1ccc(Cc2ccncc2)c(C(F)(F)F)c1. The van der Waals surface area contributed by atoms with Crippen LogP contribution in [0.2, 0.25) is 0 Å². The molecule has 7 heteroatoms. The van der Waals surface area contributed by atoms with Crippen LogP contribution in [0.3, 0.4) is 0 Å². The van der Waals surface area contributed by atoms with E-state index in [0.717, 1.165) is 6.07 Å². The summed E-state index contributed by atoms with van der Waals surface area (Å²) >= 11 is 0. The largest absolute Gasteiger partial charge is 0.416 e. The van der Waals surface area contributed by atoms with Crippen LogP contribution in [0.1, 0.15) is 22.3 Å². The summed E-state index contributed by atoms with van der Waals surface area (Å²) in [7, 11) is 0. The van der Waals surface area contributed by atoms with Gasteiger partial charge < -0.3 is 0 Å². The van der Waals surface area contributed by atoms with Crippen molar-refractivity contribution in [2.75, 3.05) is 0 Å². The number of pyridine rings is 1. The van der Waals surface area contributed by atoms with E-state index in [0.29, 0.717) is 11.6 Å². The maximum Gasteiger partial charge on any atom is 0.416 e. The minimum Gasteiger partial charge on any atom is -0.265 e. The Morgan fingerprint density at radius 1 is 0.810 bits per heavy atom. The zero-order valence-corrected chi connectivity index (χ0v) is 10.5. The van der Waals surface area contributed by atoms with E-state index in [1.807, 2.05) is 0 Å². The lowest BCUT2D eigenvalue weighted by molar-refractivity contribution is -0.143. The number of hydrogen-bond acceptors (Lipinski definition) is 1. The molecule has 1 aromatic heterocycles. The first-order chi connectivity index (χ1) is 9.68. The van der Waals surface area contributed by atoms with Crippen LogP contribution < -0.4 is 0 Å². The topological polar surface area (TPSA) is 12.9 Å². The van der Waals surface area contributed by atoms with E-state index in [4.69, 9.17) is 0 Å². The molecule has 0 fully saturated rings. The van der Waals surface area contributed by atoms with Crippen LogP contribution in [0.25, 0.3) is 0 Å². The maximum atomic E-state index is 12.9. The van der Waals surface area contributed by atoms with Gasteiger partial charge in [0.15, 0.2) is 0 Å². The summed E-state index contributed by atoms with van der Waals surface area (Å²) in [5, 5.41) is 0. The molecule has 0 bridgehead atoms. The molecule has 2 rings (SSSR count). The molecule has 0 saturated heterocycles. The summed E-state index contributed by atoms with van der Waals surface area (Å²) in [6.07, 6.45) is -6.95. The molecule has 1 aromatic carbocycles. The van der Waals surface area contributed by atoms with Crippen molar-refractivity contribution in [2.24, 2.45) is 0 Å². The van der Waals surface area contributed by atoms with Gasteiger partial charge in [-0.25, -0.2) is 0 Å². The summed E-state index contributed by atoms with van der Waals surface area (Å²) in [6.45, 7) is 0. The maximum absolute atomic E-state index is 12.9. The molecule has 112 valence electrons. The lowest BCUT2D eigenvalue weighted by Gasteiger charge is -2.16. The van der Waals surface area contributed by atoms with Gasteiger partial charge in [0.2, 0.25) is 0 Å². The van der Waals surface area contributed by atoms with Gasteiger partial charge in [-0.15, -0.1) is 0 Å². The molecule has 0 spiro atoms. The molecule has 2 aromatic rings. The number of nitrogens with zero attached hydrogens (tertiary/aromatic N) is 1. The predicted octanol–water partition coefficient (Wildman–Crippen LogP) is 4.71. The van der Waals surface area contributed by atoms with Crippen LogP contribution in [0, 0.1) is 0 Å². The van der Waals surface area contributed by atoms with E-state index in [1.54, 1.807) is 0 Å². The second-order valence-electron chi connectivity index (χ2n) is 4.40. The molecule has 0 aliphatic rings. The molecule has 0 saturated carbocycles. The highest BCUT2D eigenvalue weighted by atomic mass is 19.4. The van der Waals surface area contributed by atoms with Crippen molar-refractivity contribution in [3.8, 4) is 0 Å². The third-order valence-electron chi connectivity index (χ3n) is 2.89. The molecular formula is C14H9F6N. The lowest BCUT2D eigenvalue weighted by Crippen LogP contribution is -2.13. The average molecular weight is 305 g/mol. The highest BCUT2D eigenvalue weighted by Crippen LogP contribution is 2.37. The molecule has 0 N–H and O–H groups in total. The molecule has 0 radical (unpaired) electrons. The first-order valence-electron chi connectivity index (χ1n) is 5.84. The number of rotatable bonds is 2. The van der Waals surface area contributed by atoms with E-state index in [-0.39, 0.29) is 18.1 Å². The fourth-order valence-corrected chi connectivity index (χ4v) is 1.89. The average Bonchev–Trinajstić information content (AvgIpc) is 2.38. The Labute approximate surface area is 116 Å². The minimum absolute atomic E-state index is 0.116. The van der Waals surface area contributed by atoms with Crippen molar-refractivity contribution in [1.29, 1.82) is 0 Å². The van der Waals surface area contributed by atoms with Gasteiger partial charge in [0.05, 0.1) is 11.1 Å². The van der Waals surface area contributed by atoms with Crippen molar-refractivity contribution in [2.45, 2.75) is 18.8 Å². The van der Waals surface area contributed by atoms with Crippen LogP contribution in [-0.2, 0) is 18.8 Å². The molecule has 1 nitrogen and oxygen atoms in total. The fraction of sp³-hybridized carbons (Fsp3) is 0.214. The number of alkyl halides is 6. The van der Waals surface area contributed by atoms with E-state index < -0.39 is 23.5 Å². The monoisotopic (exact) mass is 305 g/mol. The standard InChI is InChI=1S/C14H9F6N/c15-13(16,17)11-2-1-10(12(8-11)14(18,19)20)7-9-3-5-21-6-4-9/h1-6,8H,7H2. The molecule has 0 unspecified atom stereocenters. The Balaban J connectivity index is 2.46. The van der Waals surface area contributed by atoms with Crippen LogP contribution >= 0.6 is 0 Å². The molecule has 0 amide bonds. The third kappa shape index (κ3) is 3.74. The van der Waals surface area contributed by atoms with E-state index in [1.165, 1.54) is 24.5 Å². The van der Waals surface area contributed by atoms with Crippen molar-refractivity contribution in [3.63, 3.8) is 0 Å². The number of hydrogen-bond donors (Lipinski definition) is 0. The summed E-state index contributed by atoms with van der Waals surface area (Å²) in [5.41, 5.74) is -2.25. The minimum atomic E-state index is -4.84. The van der Waals surface area contributed by atoms with Gasteiger partial charge in [-0.1, -0.05) is 6.07 Å². The summed E-state index contributed by atoms with van der Waals surface area (Å²) in [6, 6.07) is 4.70. The second-order valence-corrected chi connectivity index (χ2v) is 4.40. The van der Waals surface area contributed by atoms with Gasteiger partial charge in [0.1, 0.15) is 0 Å². The van der Waals surface area contributed by atoms with Crippen molar-refractivity contribution in [1.82, 2.24) is 4.98 Å². The lowest BCUT2D eigenvalue weighted by atomic mass is 9.97. The second kappa shape index (κ2) is 5.38. The van der Waals surface area contributed by atoms with Gasteiger partial charge >= 0.3 is 12.4 Å². The summed E-state index contributed by atoms with van der Waals surface area (Å²) in [5.74, 6) is 0. The summed E-state index contributed by atoms with van der Waals surface area (Å²) < 4.78 is 76.4. The molecule has 0 aliphatic heterocycles. The Morgan fingerprint density at radius 3 is 1.95 bits per heavy atom. The number of benzene rings is 1. The van der Waals surface area contributed by atoms with Gasteiger partial charge in [-0.05, 0) is 41.8 Å². The molecule has 1 heterocycles. The van der Waals surface area contributed by atoms with Crippen molar-refractivity contribution < 1.29 is 26.3 Å². The zero-order valence-electron chi connectivity index (χ0n) is 10.5. The van der Waals surface area contributed by atoms with Crippen LogP contribution in [-0.4, -0.2) is 4.98 Å². The van der Waals surface area contributed by atoms with Crippen molar-refractivity contribution in [3.05, 3.63) is 65.0 Å². The highest BCUT2D eigenvalue weighted by Gasteiger charge is 2.37. The van der Waals surface area contributed by atoms with E-state index in [2.05, 4.69) is 4.98 Å². The van der Waals surface area contributed by atoms with Gasteiger partial charge in [-0.3, -0.25) is 4.98 Å². The quantitative estimate of drug-likeness (QED) is 0.732. The predicted molar refractivity (Wildman–Crippen MR) is 63.5 cm³/mol. The van der Waals surface area contributed by atoms with Crippen molar-refractivity contribution >= 4 is 0 Å². The first-order valence-corrected chi connectivity index (χ1v) is 5.84. The Bertz CT molecular complexity index is 616. The van der Waals surface area contributed by atoms with Crippen LogP contribution in [0.5, 0.6) is 0 Å². The normalized spacial score (nSPS) is 12.5. The molecular weight excluding hydrogens is 296 g/mol.